The Kier molecular flexibility index (Phi) is 5.14. The first kappa shape index (κ1) is 22.0. The fourth-order valence-corrected chi connectivity index (χ4v) is 39.8. The van der Waals surface area contributed by atoms with Crippen LogP contribution in [0.3, 0.4) is 0 Å². The average Bonchev–Trinajstić information content (AvgIpc) is 2.59. The molecule has 1 saturated heterocycles. The topological polar surface area (TPSA) is 31.4 Å². The van der Waals surface area contributed by atoms with Crippen LogP contribution in [0.2, 0.25) is 39.3 Å². The van der Waals surface area contributed by atoms with Gasteiger partial charge in [-0.25, -0.2) is 0 Å². The second kappa shape index (κ2) is 5.85. The molecule has 0 aromatic heterocycles. The third kappa shape index (κ3) is 2.54. The molecule has 0 saturated carbocycles. The summed E-state index contributed by atoms with van der Waals surface area (Å²) in [7, 11) is 1.27. The number of hydrogen-bond donors (Lipinski definition) is 0. The first-order valence-electron chi connectivity index (χ1n) is 8.64. The molecule has 6 nitrogen and oxygen atoms in total. The summed E-state index contributed by atoms with van der Waals surface area (Å²) < 4.78 is 23.3. The van der Waals surface area contributed by atoms with Crippen LogP contribution >= 0.6 is 14.0 Å². The Hall–Kier alpha value is 0.694. The monoisotopic (exact) mass is 442 g/mol. The second-order valence-corrected chi connectivity index (χ2v) is 28.7. The van der Waals surface area contributed by atoms with Crippen LogP contribution in [0.5, 0.6) is 0 Å². The summed E-state index contributed by atoms with van der Waals surface area (Å²) in [5.41, 5.74) is 0. The summed E-state index contributed by atoms with van der Waals surface area (Å²) in [6, 6.07) is 0. The minimum atomic E-state index is -3.42. The van der Waals surface area contributed by atoms with Crippen molar-refractivity contribution in [2.24, 2.45) is 0 Å². The SMILES string of the molecule is CC1=C(C)OP2(N(C)C)(O1)N([Si](C)(C)C)P(=S)(N(C)C)N2[Si](C)(C)C. The molecular formula is C14H36N4O2P2SSi2. The zero-order valence-corrected chi connectivity index (χ0v) is 22.5. The van der Waals surface area contributed by atoms with Crippen molar-refractivity contribution in [2.45, 2.75) is 53.1 Å². The van der Waals surface area contributed by atoms with E-state index in [9.17, 15) is 0 Å². The molecule has 1 spiro atoms. The molecule has 0 radical (unpaired) electrons. The summed E-state index contributed by atoms with van der Waals surface area (Å²) >= 11 is 6.46. The Morgan fingerprint density at radius 2 is 1.16 bits per heavy atom. The maximum absolute atomic E-state index is 6.84. The van der Waals surface area contributed by atoms with Gasteiger partial charge in [-0.2, -0.15) is 0 Å². The standard InChI is InChI=1S/C14H36N4O2P2SSi2/c1-13-14(2)20-22(19-13,16(5)6)17(24(7,8)9)21(23,15(3)4)18(22)25(10,11)12/h1-12H3. The first-order valence-corrected chi connectivity index (χ1v) is 20.1. The van der Waals surface area contributed by atoms with E-state index in [1.54, 1.807) is 0 Å². The van der Waals surface area contributed by atoms with E-state index in [1.165, 1.54) is 0 Å². The van der Waals surface area contributed by atoms with Gasteiger partial charge >= 0.3 is 162 Å². The molecule has 0 aromatic rings. The van der Waals surface area contributed by atoms with E-state index in [0.29, 0.717) is 0 Å². The summed E-state index contributed by atoms with van der Waals surface area (Å²) in [5, 5.41) is 0. The van der Waals surface area contributed by atoms with Crippen LogP contribution in [-0.2, 0) is 20.9 Å². The van der Waals surface area contributed by atoms with Crippen molar-refractivity contribution < 1.29 is 9.05 Å². The molecule has 0 aliphatic carbocycles. The Morgan fingerprint density at radius 1 is 0.840 bits per heavy atom. The molecule has 0 amide bonds. The van der Waals surface area contributed by atoms with Crippen molar-refractivity contribution >= 4 is 42.3 Å². The fraction of sp³-hybridized carbons (Fsp3) is 0.857. The molecule has 11 heteroatoms. The van der Waals surface area contributed by atoms with Gasteiger partial charge in [0.05, 0.1) is 0 Å². The van der Waals surface area contributed by atoms with Crippen molar-refractivity contribution in [2.75, 3.05) is 28.2 Å². The Labute approximate surface area is 161 Å². The third-order valence-corrected chi connectivity index (χ3v) is 30.7. The number of hydrogen-bond acceptors (Lipinski definition) is 4. The van der Waals surface area contributed by atoms with Gasteiger partial charge in [0.25, 0.3) is 0 Å². The molecule has 0 atom stereocenters. The Bertz CT molecular complexity index is 629. The van der Waals surface area contributed by atoms with E-state index >= 15 is 0 Å². The van der Waals surface area contributed by atoms with Crippen LogP contribution in [0.25, 0.3) is 0 Å². The van der Waals surface area contributed by atoms with E-state index < -0.39 is 30.5 Å². The molecule has 0 aromatic carbocycles. The van der Waals surface area contributed by atoms with Gasteiger partial charge in [-0.3, -0.25) is 0 Å². The number of rotatable bonds is 4. The van der Waals surface area contributed by atoms with Gasteiger partial charge in [-0.1, -0.05) is 0 Å². The Morgan fingerprint density at radius 3 is 1.36 bits per heavy atom. The van der Waals surface area contributed by atoms with E-state index in [2.05, 4.69) is 85.0 Å². The van der Waals surface area contributed by atoms with Gasteiger partial charge in [-0.15, -0.1) is 0 Å². The third-order valence-electron chi connectivity index (χ3n) is 4.64. The molecule has 2 aliphatic rings. The molecule has 2 heterocycles. The predicted octanol–water partition coefficient (Wildman–Crippen LogP) is 5.05. The average molecular weight is 443 g/mol. The van der Waals surface area contributed by atoms with Crippen molar-refractivity contribution in [1.29, 1.82) is 0 Å². The Balaban J connectivity index is 2.91. The summed E-state index contributed by atoms with van der Waals surface area (Å²) in [6.45, 7) is 16.0. The summed E-state index contributed by atoms with van der Waals surface area (Å²) in [6.07, 6.45) is 0. The van der Waals surface area contributed by atoms with Crippen molar-refractivity contribution in [3.8, 4) is 0 Å². The van der Waals surface area contributed by atoms with Crippen LogP contribution in [0, 0.1) is 0 Å². The van der Waals surface area contributed by atoms with E-state index in [0.717, 1.165) is 11.5 Å². The molecule has 25 heavy (non-hydrogen) atoms. The van der Waals surface area contributed by atoms with Crippen molar-refractivity contribution in [3.05, 3.63) is 11.5 Å². The first-order chi connectivity index (χ1) is 11.0. The summed E-state index contributed by atoms with van der Waals surface area (Å²) in [5.74, 6) is 1.77. The molecule has 2 aliphatic heterocycles. The number of nitrogens with zero attached hydrogens (tertiary/aromatic N) is 4. The van der Waals surface area contributed by atoms with Crippen LogP contribution < -0.4 is 0 Å². The van der Waals surface area contributed by atoms with Gasteiger partial charge in [-0.05, 0) is 0 Å². The fourth-order valence-electron chi connectivity index (χ4n) is 3.96. The zero-order chi connectivity index (χ0) is 19.8. The molecule has 148 valence electrons. The molecule has 1 fully saturated rings. The van der Waals surface area contributed by atoms with Crippen LogP contribution in [0.4, 0.5) is 0 Å². The number of allylic oxidation sites excluding steroid dienone is 2. The van der Waals surface area contributed by atoms with Crippen LogP contribution in [0.1, 0.15) is 13.8 Å². The molecule has 0 unspecified atom stereocenters. The van der Waals surface area contributed by atoms with Gasteiger partial charge in [0, 0.05) is 0 Å². The minimum absolute atomic E-state index is 0.887. The van der Waals surface area contributed by atoms with Crippen LogP contribution in [-0.4, -0.2) is 62.2 Å². The van der Waals surface area contributed by atoms with E-state index in [1.807, 2.05) is 13.8 Å². The normalized spacial score (nSPS) is 31.7. The van der Waals surface area contributed by atoms with E-state index in [-0.39, 0.29) is 0 Å². The molecule has 2 rings (SSSR count). The van der Waals surface area contributed by atoms with Gasteiger partial charge in [0.1, 0.15) is 0 Å². The summed E-state index contributed by atoms with van der Waals surface area (Å²) in [4.78, 5) is 0. The second-order valence-electron chi connectivity index (χ2n) is 9.26. The van der Waals surface area contributed by atoms with E-state index in [4.69, 9.17) is 20.9 Å². The van der Waals surface area contributed by atoms with Crippen LogP contribution in [0.15, 0.2) is 11.5 Å². The van der Waals surface area contributed by atoms with Gasteiger partial charge < -0.3 is 0 Å². The molecule has 0 N–H and O–H groups in total. The molecule has 0 bridgehead atoms. The van der Waals surface area contributed by atoms with Gasteiger partial charge in [0.2, 0.25) is 0 Å². The quantitative estimate of drug-likeness (QED) is 0.445. The molecular weight excluding hydrogens is 406 g/mol. The maximum atomic E-state index is 6.84. The predicted molar refractivity (Wildman–Crippen MR) is 119 cm³/mol. The van der Waals surface area contributed by atoms with Gasteiger partial charge in [0.15, 0.2) is 0 Å². The van der Waals surface area contributed by atoms with Crippen molar-refractivity contribution in [1.82, 2.24) is 17.6 Å². The zero-order valence-electron chi connectivity index (χ0n) is 17.9. The van der Waals surface area contributed by atoms with Crippen molar-refractivity contribution in [3.63, 3.8) is 0 Å².